The van der Waals surface area contributed by atoms with E-state index in [9.17, 15) is 14.4 Å². The number of thioether (sulfide) groups is 1. The Labute approximate surface area is 144 Å². The highest BCUT2D eigenvalue weighted by Gasteiger charge is 2.39. The largest absolute Gasteiger partial charge is 0.349 e. The molecule has 2 aromatic carbocycles. The maximum Gasteiger partial charge on any atom is 0.302 e. The van der Waals surface area contributed by atoms with E-state index >= 15 is 0 Å². The van der Waals surface area contributed by atoms with Gasteiger partial charge in [-0.2, -0.15) is 0 Å². The van der Waals surface area contributed by atoms with Crippen LogP contribution in [0.25, 0.3) is 0 Å². The molecule has 1 aliphatic rings. The van der Waals surface area contributed by atoms with Gasteiger partial charge in [0.1, 0.15) is 5.37 Å². The topological polar surface area (TPSA) is 66.5 Å². The first kappa shape index (κ1) is 16.3. The minimum atomic E-state index is -0.511. The van der Waals surface area contributed by atoms with Crippen LogP contribution in [0.3, 0.4) is 0 Å². The van der Waals surface area contributed by atoms with Gasteiger partial charge in [0, 0.05) is 18.7 Å². The quantitative estimate of drug-likeness (QED) is 0.846. The average Bonchev–Trinajstić information content (AvgIpc) is 2.89. The van der Waals surface area contributed by atoms with Crippen LogP contribution >= 0.6 is 11.8 Å². The molecule has 6 heteroatoms. The van der Waals surface area contributed by atoms with Crippen LogP contribution in [0, 0.1) is 0 Å². The number of benzene rings is 2. The van der Waals surface area contributed by atoms with Crippen LogP contribution in [0.2, 0.25) is 0 Å². The second kappa shape index (κ2) is 7.31. The summed E-state index contributed by atoms with van der Waals surface area (Å²) in [5, 5.41) is 1.92. The zero-order chi connectivity index (χ0) is 16.9. The highest BCUT2D eigenvalue weighted by atomic mass is 32.2. The molecule has 2 amide bonds. The number of hydrogen-bond acceptors (Lipinski definition) is 4. The van der Waals surface area contributed by atoms with Gasteiger partial charge in [-0.15, -0.1) is 0 Å². The van der Waals surface area contributed by atoms with Crippen molar-refractivity contribution in [1.29, 1.82) is 0 Å². The molecule has 1 N–H and O–H groups in total. The number of nitrogens with one attached hydrogen (secondary N) is 1. The third-order valence-electron chi connectivity index (χ3n) is 3.70. The predicted octanol–water partition coefficient (Wildman–Crippen LogP) is 2.04. The van der Waals surface area contributed by atoms with Gasteiger partial charge in [0.05, 0.1) is 0 Å². The maximum atomic E-state index is 12.1. The number of nitrogens with zero attached hydrogens (tertiary/aromatic N) is 1. The number of rotatable bonds is 5. The molecule has 1 heterocycles. The second-order valence-corrected chi connectivity index (χ2v) is 6.51. The molecule has 0 saturated carbocycles. The molecule has 24 heavy (non-hydrogen) atoms. The van der Waals surface area contributed by atoms with Crippen molar-refractivity contribution in [3.8, 4) is 0 Å². The molecule has 122 valence electrons. The van der Waals surface area contributed by atoms with Crippen molar-refractivity contribution in [2.24, 2.45) is 0 Å². The van der Waals surface area contributed by atoms with E-state index in [-0.39, 0.29) is 12.5 Å². The molecule has 0 aromatic heterocycles. The van der Waals surface area contributed by atoms with Gasteiger partial charge in [0.25, 0.3) is 11.0 Å². The molecular formula is C18H16N2O3S. The minimum Gasteiger partial charge on any atom is -0.349 e. The van der Waals surface area contributed by atoms with Gasteiger partial charge in [0.2, 0.25) is 0 Å². The van der Waals surface area contributed by atoms with Gasteiger partial charge >= 0.3 is 5.91 Å². The van der Waals surface area contributed by atoms with E-state index in [1.54, 1.807) is 24.3 Å². The third-order valence-corrected chi connectivity index (χ3v) is 4.78. The summed E-state index contributed by atoms with van der Waals surface area (Å²) in [5.74, 6) is -0.731. The predicted molar refractivity (Wildman–Crippen MR) is 92.2 cm³/mol. The second-order valence-electron chi connectivity index (χ2n) is 5.35. The first-order valence-corrected chi connectivity index (χ1v) is 8.42. The third kappa shape index (κ3) is 3.65. The van der Waals surface area contributed by atoms with E-state index < -0.39 is 16.4 Å². The summed E-state index contributed by atoms with van der Waals surface area (Å²) in [6, 6.07) is 18.3. The molecule has 1 saturated heterocycles. The lowest BCUT2D eigenvalue weighted by molar-refractivity contribution is -0.139. The molecular weight excluding hydrogens is 324 g/mol. The Morgan fingerprint density at radius 2 is 1.62 bits per heavy atom. The van der Waals surface area contributed by atoms with E-state index in [1.807, 2.05) is 36.4 Å². The van der Waals surface area contributed by atoms with Crippen LogP contribution in [0.1, 0.15) is 15.9 Å². The van der Waals surface area contributed by atoms with Crippen molar-refractivity contribution in [2.75, 3.05) is 6.54 Å². The first-order valence-electron chi connectivity index (χ1n) is 7.54. The molecule has 5 nitrogen and oxygen atoms in total. The lowest BCUT2D eigenvalue weighted by Crippen LogP contribution is -2.40. The Hall–Kier alpha value is -2.60. The highest BCUT2D eigenvalue weighted by molar-refractivity contribution is 8.16. The van der Waals surface area contributed by atoms with Crippen LogP contribution in [0.15, 0.2) is 60.7 Å². The van der Waals surface area contributed by atoms with E-state index in [2.05, 4.69) is 5.32 Å². The van der Waals surface area contributed by atoms with Gasteiger partial charge in [-0.05, 0) is 17.7 Å². The van der Waals surface area contributed by atoms with Gasteiger partial charge in [-0.3, -0.25) is 14.4 Å². The van der Waals surface area contributed by atoms with Crippen LogP contribution in [-0.2, 0) is 16.1 Å². The van der Waals surface area contributed by atoms with Crippen molar-refractivity contribution in [1.82, 2.24) is 10.2 Å². The molecule has 0 spiro atoms. The van der Waals surface area contributed by atoms with Crippen LogP contribution < -0.4 is 5.32 Å². The van der Waals surface area contributed by atoms with E-state index in [0.717, 1.165) is 17.3 Å². The average molecular weight is 340 g/mol. The zero-order valence-electron chi connectivity index (χ0n) is 12.8. The normalized spacial score (nSPS) is 17.2. The van der Waals surface area contributed by atoms with E-state index in [0.29, 0.717) is 12.1 Å². The van der Waals surface area contributed by atoms with Crippen molar-refractivity contribution < 1.29 is 14.4 Å². The summed E-state index contributed by atoms with van der Waals surface area (Å²) in [4.78, 5) is 37.5. The van der Waals surface area contributed by atoms with E-state index in [1.165, 1.54) is 4.90 Å². The summed E-state index contributed by atoms with van der Waals surface area (Å²) in [5.41, 5.74) is 1.49. The molecule has 0 aliphatic carbocycles. The Morgan fingerprint density at radius 1 is 1.00 bits per heavy atom. The molecule has 1 aliphatic heterocycles. The van der Waals surface area contributed by atoms with Crippen molar-refractivity contribution in [2.45, 2.75) is 11.9 Å². The van der Waals surface area contributed by atoms with Gasteiger partial charge in [0.15, 0.2) is 0 Å². The summed E-state index contributed by atoms with van der Waals surface area (Å²) < 4.78 is 0. The van der Waals surface area contributed by atoms with Crippen LogP contribution in [0.4, 0.5) is 0 Å². The van der Waals surface area contributed by atoms with Gasteiger partial charge in [-0.1, -0.05) is 60.3 Å². The number of carbonyl (C=O) groups is 3. The summed E-state index contributed by atoms with van der Waals surface area (Å²) in [6.07, 6.45) is 0. The number of carbonyl (C=O) groups excluding carboxylic acids is 3. The van der Waals surface area contributed by atoms with Gasteiger partial charge < -0.3 is 10.2 Å². The maximum absolute atomic E-state index is 12.1. The molecule has 0 bridgehead atoms. The zero-order valence-corrected chi connectivity index (χ0v) is 13.7. The van der Waals surface area contributed by atoms with Crippen LogP contribution in [-0.4, -0.2) is 33.7 Å². The fourth-order valence-electron chi connectivity index (χ4n) is 2.46. The molecule has 2 aromatic rings. The fourth-order valence-corrected chi connectivity index (χ4v) is 3.39. The van der Waals surface area contributed by atoms with Crippen molar-refractivity contribution in [3.05, 3.63) is 71.8 Å². The highest BCUT2D eigenvalue weighted by Crippen LogP contribution is 2.27. The monoisotopic (exact) mass is 340 g/mol. The summed E-state index contributed by atoms with van der Waals surface area (Å²) >= 11 is 0.961. The lowest BCUT2D eigenvalue weighted by atomic mass is 10.2. The van der Waals surface area contributed by atoms with Crippen molar-refractivity contribution in [3.63, 3.8) is 0 Å². The standard InChI is InChI=1S/C18H16N2O3S/c21-16(14-9-5-2-6-10-14)19-11-15-20(17(22)18(23)24-15)12-13-7-3-1-4-8-13/h1-10,15H,11-12H2,(H,19,21). The summed E-state index contributed by atoms with van der Waals surface area (Å²) in [7, 11) is 0. The Balaban J connectivity index is 1.66. The Kier molecular flexibility index (Phi) is 4.96. The Bertz CT molecular complexity index is 749. The minimum absolute atomic E-state index is 0.220. The molecule has 1 unspecified atom stereocenters. The lowest BCUT2D eigenvalue weighted by Gasteiger charge is -2.23. The van der Waals surface area contributed by atoms with E-state index in [4.69, 9.17) is 0 Å². The van der Waals surface area contributed by atoms with Crippen molar-refractivity contribution >= 4 is 28.7 Å². The molecule has 1 atom stereocenters. The number of hydrogen-bond donors (Lipinski definition) is 1. The van der Waals surface area contributed by atoms with Gasteiger partial charge in [-0.25, -0.2) is 0 Å². The SMILES string of the molecule is O=C1SC(CNC(=O)c2ccccc2)N(Cc2ccccc2)C1=O. The molecule has 0 radical (unpaired) electrons. The number of amides is 2. The summed E-state index contributed by atoms with van der Waals surface area (Å²) in [6.45, 7) is 0.576. The van der Waals surface area contributed by atoms with Crippen LogP contribution in [0.5, 0.6) is 0 Å². The fraction of sp³-hybridized carbons (Fsp3) is 0.167. The Morgan fingerprint density at radius 3 is 2.29 bits per heavy atom. The molecule has 1 fully saturated rings. The first-order chi connectivity index (χ1) is 11.6. The molecule has 3 rings (SSSR count). The smallest absolute Gasteiger partial charge is 0.302 e.